The fraction of sp³-hybridized carbons (Fsp3) is 0.303. The molecule has 0 spiro atoms. The molecule has 2 heterocycles. The molecule has 0 saturated heterocycles. The van der Waals surface area contributed by atoms with Gasteiger partial charge in [0.2, 0.25) is 5.89 Å². The number of nitrogens with zero attached hydrogens (tertiary/aromatic N) is 1. The number of benzene rings is 3. The molecule has 36 heavy (non-hydrogen) atoms. The molecule has 0 aliphatic carbocycles. The first-order chi connectivity index (χ1) is 17.2. The SMILES string of the molecule is CCC(C)(C)c1cc(C(C)(C)CC)c2oc(-c3scc(-c4ccccc4)c3-c3ccccc3)nc2c1. The first kappa shape index (κ1) is 24.5. The van der Waals surface area contributed by atoms with Crippen molar-refractivity contribution in [1.82, 2.24) is 4.98 Å². The molecule has 0 fully saturated rings. The summed E-state index contributed by atoms with van der Waals surface area (Å²) < 4.78 is 6.69. The van der Waals surface area contributed by atoms with Crippen LogP contribution in [0.25, 0.3) is 44.1 Å². The van der Waals surface area contributed by atoms with Crippen molar-refractivity contribution in [3.8, 4) is 33.0 Å². The van der Waals surface area contributed by atoms with Crippen LogP contribution in [0.4, 0.5) is 0 Å². The first-order valence-electron chi connectivity index (χ1n) is 12.9. The van der Waals surface area contributed by atoms with Crippen LogP contribution in [0.5, 0.6) is 0 Å². The molecule has 0 radical (unpaired) electrons. The maximum atomic E-state index is 6.69. The number of hydrogen-bond donors (Lipinski definition) is 0. The van der Waals surface area contributed by atoms with Gasteiger partial charge in [0.1, 0.15) is 5.52 Å². The number of aromatic nitrogens is 1. The summed E-state index contributed by atoms with van der Waals surface area (Å²) in [5, 5.41) is 2.24. The van der Waals surface area contributed by atoms with Gasteiger partial charge in [-0.05, 0) is 46.4 Å². The summed E-state index contributed by atoms with van der Waals surface area (Å²) in [6.07, 6.45) is 2.10. The molecular formula is C33H35NOS. The average molecular weight is 494 g/mol. The topological polar surface area (TPSA) is 26.0 Å². The predicted molar refractivity (Wildman–Crippen MR) is 155 cm³/mol. The fourth-order valence-corrected chi connectivity index (χ4v) is 5.68. The van der Waals surface area contributed by atoms with Crippen molar-refractivity contribution in [3.63, 3.8) is 0 Å². The van der Waals surface area contributed by atoms with Crippen molar-refractivity contribution < 1.29 is 4.42 Å². The Morgan fingerprint density at radius 2 is 1.39 bits per heavy atom. The first-order valence-corrected chi connectivity index (χ1v) is 13.8. The highest BCUT2D eigenvalue weighted by atomic mass is 32.1. The molecule has 0 aliphatic heterocycles. The van der Waals surface area contributed by atoms with Gasteiger partial charge in [0, 0.05) is 22.1 Å². The van der Waals surface area contributed by atoms with Crippen LogP contribution in [0.15, 0.2) is 82.6 Å². The van der Waals surface area contributed by atoms with E-state index in [0.717, 1.165) is 28.8 Å². The van der Waals surface area contributed by atoms with Crippen LogP contribution >= 0.6 is 11.3 Å². The molecule has 2 aromatic heterocycles. The van der Waals surface area contributed by atoms with Crippen molar-refractivity contribution in [2.45, 2.75) is 65.2 Å². The van der Waals surface area contributed by atoms with Crippen LogP contribution in [0.3, 0.4) is 0 Å². The zero-order valence-electron chi connectivity index (χ0n) is 22.2. The Morgan fingerprint density at radius 1 is 0.778 bits per heavy atom. The minimum Gasteiger partial charge on any atom is -0.435 e. The Kier molecular flexibility index (Phi) is 6.38. The molecule has 0 N–H and O–H groups in total. The minimum absolute atomic E-state index is 0.0121. The molecule has 3 aromatic carbocycles. The van der Waals surface area contributed by atoms with Gasteiger partial charge in [0.25, 0.3) is 0 Å². The molecule has 5 rings (SSSR count). The highest BCUT2D eigenvalue weighted by molar-refractivity contribution is 7.14. The summed E-state index contributed by atoms with van der Waals surface area (Å²) in [4.78, 5) is 6.21. The van der Waals surface area contributed by atoms with E-state index in [0.29, 0.717) is 5.89 Å². The van der Waals surface area contributed by atoms with Gasteiger partial charge in [-0.3, -0.25) is 0 Å². The second-order valence-corrected chi connectivity index (χ2v) is 11.8. The molecule has 3 heteroatoms. The van der Waals surface area contributed by atoms with E-state index in [9.17, 15) is 0 Å². The van der Waals surface area contributed by atoms with E-state index in [2.05, 4.69) is 120 Å². The standard InChI is InChI=1S/C33H35NOS/c1-7-32(3,4)24-19-26(33(5,6)8-2)29-27(20-24)34-31(35-29)30-28(23-17-13-10-14-18-23)25(21-36-30)22-15-11-9-12-16-22/h9-21H,7-8H2,1-6H3. The van der Waals surface area contributed by atoms with Gasteiger partial charge in [0.05, 0.1) is 4.88 Å². The quantitative estimate of drug-likeness (QED) is 0.225. The summed E-state index contributed by atoms with van der Waals surface area (Å²) in [5.41, 5.74) is 9.29. The molecule has 0 amide bonds. The number of rotatable bonds is 7. The van der Waals surface area contributed by atoms with Crippen LogP contribution < -0.4 is 0 Å². The molecule has 0 atom stereocenters. The van der Waals surface area contributed by atoms with Gasteiger partial charge in [-0.15, -0.1) is 11.3 Å². The van der Waals surface area contributed by atoms with Crippen molar-refractivity contribution >= 4 is 22.4 Å². The summed E-state index contributed by atoms with van der Waals surface area (Å²) in [6, 6.07) is 25.8. The number of thiophene rings is 1. The van der Waals surface area contributed by atoms with Crippen molar-refractivity contribution in [3.05, 3.63) is 89.3 Å². The number of oxazole rings is 1. The van der Waals surface area contributed by atoms with Crippen LogP contribution in [-0.2, 0) is 10.8 Å². The molecule has 2 nitrogen and oxygen atoms in total. The molecule has 0 unspecified atom stereocenters. The zero-order valence-corrected chi connectivity index (χ0v) is 23.0. The Balaban J connectivity index is 1.77. The average Bonchev–Trinajstić information content (AvgIpc) is 3.53. The lowest BCUT2D eigenvalue weighted by Gasteiger charge is -2.28. The third-order valence-corrected chi connectivity index (χ3v) is 8.87. The highest BCUT2D eigenvalue weighted by Crippen LogP contribution is 2.46. The normalized spacial score (nSPS) is 12.4. The van der Waals surface area contributed by atoms with Crippen LogP contribution in [0.2, 0.25) is 0 Å². The lowest BCUT2D eigenvalue weighted by Crippen LogP contribution is -2.20. The predicted octanol–water partition coefficient (Wildman–Crippen LogP) is 10.3. The molecule has 0 aliphatic rings. The van der Waals surface area contributed by atoms with Gasteiger partial charge in [-0.1, -0.05) is 108 Å². The molecule has 184 valence electrons. The Hall–Kier alpha value is -3.17. The van der Waals surface area contributed by atoms with Crippen LogP contribution in [0, 0.1) is 0 Å². The Bertz CT molecular complexity index is 1490. The van der Waals surface area contributed by atoms with Gasteiger partial charge >= 0.3 is 0 Å². The highest BCUT2D eigenvalue weighted by Gasteiger charge is 2.29. The Labute approximate surface area is 219 Å². The largest absolute Gasteiger partial charge is 0.435 e. The third kappa shape index (κ3) is 4.30. The van der Waals surface area contributed by atoms with Crippen molar-refractivity contribution in [2.24, 2.45) is 0 Å². The van der Waals surface area contributed by atoms with Crippen LogP contribution in [-0.4, -0.2) is 4.98 Å². The lowest BCUT2D eigenvalue weighted by molar-refractivity contribution is 0.484. The minimum atomic E-state index is -0.0121. The van der Waals surface area contributed by atoms with Gasteiger partial charge in [-0.2, -0.15) is 0 Å². The van der Waals surface area contributed by atoms with E-state index in [1.807, 2.05) is 0 Å². The van der Waals surface area contributed by atoms with Crippen molar-refractivity contribution in [2.75, 3.05) is 0 Å². The summed E-state index contributed by atoms with van der Waals surface area (Å²) in [7, 11) is 0. The third-order valence-electron chi connectivity index (χ3n) is 7.90. The lowest BCUT2D eigenvalue weighted by atomic mass is 9.76. The van der Waals surface area contributed by atoms with E-state index < -0.39 is 0 Å². The summed E-state index contributed by atoms with van der Waals surface area (Å²) in [5.74, 6) is 0.704. The van der Waals surface area contributed by atoms with Gasteiger partial charge in [-0.25, -0.2) is 4.98 Å². The van der Waals surface area contributed by atoms with Crippen LogP contribution in [0.1, 0.15) is 65.5 Å². The molecule has 5 aromatic rings. The second-order valence-electron chi connectivity index (χ2n) is 11.0. The van der Waals surface area contributed by atoms with E-state index >= 15 is 0 Å². The van der Waals surface area contributed by atoms with Gasteiger partial charge < -0.3 is 4.42 Å². The fourth-order valence-electron chi connectivity index (χ4n) is 4.65. The van der Waals surface area contributed by atoms with Crippen molar-refractivity contribution in [1.29, 1.82) is 0 Å². The summed E-state index contributed by atoms with van der Waals surface area (Å²) >= 11 is 1.71. The maximum Gasteiger partial charge on any atom is 0.238 e. The molecule has 0 bridgehead atoms. The van der Waals surface area contributed by atoms with E-state index in [1.165, 1.54) is 33.4 Å². The number of fused-ring (bicyclic) bond motifs is 1. The van der Waals surface area contributed by atoms with E-state index in [4.69, 9.17) is 9.40 Å². The summed E-state index contributed by atoms with van der Waals surface area (Å²) in [6.45, 7) is 13.8. The van der Waals surface area contributed by atoms with Gasteiger partial charge in [0.15, 0.2) is 5.58 Å². The Morgan fingerprint density at radius 3 is 2.00 bits per heavy atom. The van der Waals surface area contributed by atoms with E-state index in [-0.39, 0.29) is 10.8 Å². The second kappa shape index (κ2) is 9.37. The monoisotopic (exact) mass is 493 g/mol. The maximum absolute atomic E-state index is 6.69. The van der Waals surface area contributed by atoms with E-state index in [1.54, 1.807) is 11.3 Å². The molecular weight excluding hydrogens is 458 g/mol. The molecule has 0 saturated carbocycles. The zero-order chi connectivity index (χ0) is 25.5. The smallest absolute Gasteiger partial charge is 0.238 e. The number of hydrogen-bond acceptors (Lipinski definition) is 3.